The molecule has 1 unspecified atom stereocenters. The van der Waals surface area contributed by atoms with Gasteiger partial charge in [0.05, 0.1) is 22.3 Å². The Labute approximate surface area is 208 Å². The number of fused-ring (bicyclic) bond motifs is 2. The summed E-state index contributed by atoms with van der Waals surface area (Å²) in [6, 6.07) is 24.1. The summed E-state index contributed by atoms with van der Waals surface area (Å²) in [5, 5.41) is 3.30. The lowest BCUT2D eigenvalue weighted by molar-refractivity contribution is -0.119. The largest absolute Gasteiger partial charge is 0.452 e. The minimum atomic E-state index is -0.661. The van der Waals surface area contributed by atoms with Crippen LogP contribution in [0.1, 0.15) is 49.9 Å². The molecular weight excluding hydrogens is 454 g/mol. The van der Waals surface area contributed by atoms with Crippen LogP contribution in [0.4, 0.5) is 5.69 Å². The Kier molecular flexibility index (Phi) is 6.45. The van der Waals surface area contributed by atoms with Crippen molar-refractivity contribution in [2.24, 2.45) is 5.73 Å². The number of aryl methyl sites for hydroxylation is 1. The van der Waals surface area contributed by atoms with E-state index in [4.69, 9.17) is 15.5 Å². The van der Waals surface area contributed by atoms with Crippen molar-refractivity contribution < 1.29 is 19.1 Å². The first kappa shape index (κ1) is 23.2. The molecular formula is C29H25N3O4. The van der Waals surface area contributed by atoms with E-state index in [9.17, 15) is 14.4 Å². The zero-order valence-corrected chi connectivity index (χ0v) is 19.6. The SMILES string of the molecule is NC(=O)c1ccccc1NC(=O)COC(=O)c1c2c(nc3ccccc13)CCC(c1ccccc1)C2. The number of amides is 2. The maximum atomic E-state index is 13.4. The van der Waals surface area contributed by atoms with Crippen LogP contribution in [0, 0.1) is 0 Å². The number of carbonyl (C=O) groups is 3. The van der Waals surface area contributed by atoms with Gasteiger partial charge < -0.3 is 15.8 Å². The van der Waals surface area contributed by atoms with Crippen LogP contribution in [-0.4, -0.2) is 29.4 Å². The van der Waals surface area contributed by atoms with Crippen LogP contribution in [-0.2, 0) is 22.4 Å². The van der Waals surface area contributed by atoms with Gasteiger partial charge >= 0.3 is 5.97 Å². The number of benzene rings is 3. The predicted molar refractivity (Wildman–Crippen MR) is 137 cm³/mol. The number of para-hydroxylation sites is 2. The van der Waals surface area contributed by atoms with Gasteiger partial charge in [0.15, 0.2) is 6.61 Å². The minimum Gasteiger partial charge on any atom is -0.452 e. The van der Waals surface area contributed by atoms with Gasteiger partial charge in [-0.05, 0) is 54.5 Å². The molecule has 0 aliphatic heterocycles. The molecule has 180 valence electrons. The Morgan fingerprint density at radius 2 is 1.67 bits per heavy atom. The average Bonchev–Trinajstić information content (AvgIpc) is 2.90. The molecule has 7 heteroatoms. The summed E-state index contributed by atoms with van der Waals surface area (Å²) in [5.74, 6) is -1.53. The average molecular weight is 480 g/mol. The number of rotatable bonds is 6. The van der Waals surface area contributed by atoms with Crippen LogP contribution >= 0.6 is 0 Å². The van der Waals surface area contributed by atoms with E-state index in [1.54, 1.807) is 18.2 Å². The highest BCUT2D eigenvalue weighted by atomic mass is 16.5. The molecule has 1 aliphatic rings. The molecule has 0 saturated heterocycles. The summed E-state index contributed by atoms with van der Waals surface area (Å²) in [4.78, 5) is 42.4. The van der Waals surface area contributed by atoms with Gasteiger partial charge in [-0.1, -0.05) is 60.7 Å². The van der Waals surface area contributed by atoms with Crippen molar-refractivity contribution in [3.05, 3.63) is 107 Å². The van der Waals surface area contributed by atoms with Crippen LogP contribution in [0.2, 0.25) is 0 Å². The van der Waals surface area contributed by atoms with E-state index < -0.39 is 24.4 Å². The van der Waals surface area contributed by atoms with Crippen molar-refractivity contribution >= 4 is 34.4 Å². The summed E-state index contributed by atoms with van der Waals surface area (Å²) >= 11 is 0. The first-order chi connectivity index (χ1) is 17.5. The van der Waals surface area contributed by atoms with Crippen LogP contribution in [0.15, 0.2) is 78.9 Å². The van der Waals surface area contributed by atoms with E-state index in [0.29, 0.717) is 17.4 Å². The van der Waals surface area contributed by atoms with Crippen molar-refractivity contribution in [1.29, 1.82) is 0 Å². The van der Waals surface area contributed by atoms with Crippen molar-refractivity contribution in [2.75, 3.05) is 11.9 Å². The number of carbonyl (C=O) groups excluding carboxylic acids is 3. The van der Waals surface area contributed by atoms with Crippen molar-refractivity contribution in [2.45, 2.75) is 25.2 Å². The summed E-state index contributed by atoms with van der Waals surface area (Å²) in [6.45, 7) is -0.501. The van der Waals surface area contributed by atoms with E-state index in [-0.39, 0.29) is 17.2 Å². The van der Waals surface area contributed by atoms with Crippen LogP contribution < -0.4 is 11.1 Å². The number of hydrogen-bond donors (Lipinski definition) is 2. The lowest BCUT2D eigenvalue weighted by Gasteiger charge is -2.27. The molecule has 1 aliphatic carbocycles. The number of primary amides is 1. The monoisotopic (exact) mass is 479 g/mol. The first-order valence-electron chi connectivity index (χ1n) is 11.8. The van der Waals surface area contributed by atoms with Crippen LogP contribution in [0.3, 0.4) is 0 Å². The number of anilines is 1. The topological polar surface area (TPSA) is 111 Å². The molecule has 7 nitrogen and oxygen atoms in total. The molecule has 36 heavy (non-hydrogen) atoms. The zero-order valence-electron chi connectivity index (χ0n) is 19.6. The minimum absolute atomic E-state index is 0.179. The fourth-order valence-electron chi connectivity index (χ4n) is 4.83. The molecule has 0 fully saturated rings. The van der Waals surface area contributed by atoms with Crippen molar-refractivity contribution in [1.82, 2.24) is 4.98 Å². The van der Waals surface area contributed by atoms with E-state index >= 15 is 0 Å². The molecule has 0 saturated carbocycles. The number of esters is 1. The first-order valence-corrected chi connectivity index (χ1v) is 11.8. The molecule has 3 aromatic carbocycles. The highest BCUT2D eigenvalue weighted by molar-refractivity contribution is 6.07. The van der Waals surface area contributed by atoms with Crippen LogP contribution in [0.25, 0.3) is 10.9 Å². The van der Waals surface area contributed by atoms with Crippen molar-refractivity contribution in [3.8, 4) is 0 Å². The molecule has 0 bridgehead atoms. The molecule has 1 atom stereocenters. The summed E-state index contributed by atoms with van der Waals surface area (Å²) in [7, 11) is 0. The lowest BCUT2D eigenvalue weighted by atomic mass is 9.80. The van der Waals surface area contributed by atoms with Gasteiger partial charge in [-0.3, -0.25) is 14.6 Å². The van der Waals surface area contributed by atoms with Gasteiger partial charge in [0.1, 0.15) is 0 Å². The number of hydrogen-bond acceptors (Lipinski definition) is 5. The van der Waals surface area contributed by atoms with Crippen LogP contribution in [0.5, 0.6) is 0 Å². The number of nitrogens with zero attached hydrogens (tertiary/aromatic N) is 1. The number of pyridine rings is 1. The fraction of sp³-hybridized carbons (Fsp3) is 0.172. The van der Waals surface area contributed by atoms with Crippen molar-refractivity contribution in [3.63, 3.8) is 0 Å². The summed E-state index contributed by atoms with van der Waals surface area (Å²) < 4.78 is 5.48. The van der Waals surface area contributed by atoms with Gasteiger partial charge in [0, 0.05) is 11.1 Å². The normalized spacial score (nSPS) is 14.6. The maximum absolute atomic E-state index is 13.4. The molecule has 1 aromatic heterocycles. The highest BCUT2D eigenvalue weighted by Gasteiger charge is 2.28. The predicted octanol–water partition coefficient (Wildman–Crippen LogP) is 4.40. The second kappa shape index (κ2) is 10.00. The molecule has 2 amide bonds. The fourth-order valence-corrected chi connectivity index (χ4v) is 4.83. The molecule has 0 spiro atoms. The van der Waals surface area contributed by atoms with Gasteiger partial charge in [0.25, 0.3) is 11.8 Å². The Morgan fingerprint density at radius 3 is 2.47 bits per heavy atom. The third-order valence-electron chi connectivity index (χ3n) is 6.54. The third kappa shape index (κ3) is 4.68. The Morgan fingerprint density at radius 1 is 0.944 bits per heavy atom. The van der Waals surface area contributed by atoms with Gasteiger partial charge in [-0.15, -0.1) is 0 Å². The van der Waals surface area contributed by atoms with Gasteiger partial charge in [-0.2, -0.15) is 0 Å². The zero-order chi connectivity index (χ0) is 25.1. The third-order valence-corrected chi connectivity index (χ3v) is 6.54. The number of nitrogens with one attached hydrogen (secondary N) is 1. The summed E-state index contributed by atoms with van der Waals surface area (Å²) in [6.07, 6.45) is 2.36. The summed E-state index contributed by atoms with van der Waals surface area (Å²) in [5.41, 5.74) is 10.0. The Hall–Kier alpha value is -4.52. The van der Waals surface area contributed by atoms with E-state index in [1.807, 2.05) is 42.5 Å². The molecule has 4 aromatic rings. The second-order valence-electron chi connectivity index (χ2n) is 8.81. The van der Waals surface area contributed by atoms with E-state index in [2.05, 4.69) is 17.4 Å². The lowest BCUT2D eigenvalue weighted by Crippen LogP contribution is -2.25. The molecule has 1 heterocycles. The number of aromatic nitrogens is 1. The second-order valence-corrected chi connectivity index (χ2v) is 8.81. The maximum Gasteiger partial charge on any atom is 0.339 e. The standard InChI is InChI=1S/C29H25N3O4/c30-28(34)21-11-5-7-13-24(21)32-26(33)17-36-29(35)27-20-10-4-6-12-23(20)31-25-15-14-19(16-22(25)27)18-8-2-1-3-9-18/h1-13,19H,14-17H2,(H2,30,34)(H,32,33). The molecule has 5 rings (SSSR count). The molecule has 0 radical (unpaired) electrons. The van der Waals surface area contributed by atoms with Gasteiger partial charge in [-0.25, -0.2) is 4.79 Å². The molecule has 3 N–H and O–H groups in total. The quantitative estimate of drug-likeness (QED) is 0.398. The van der Waals surface area contributed by atoms with Gasteiger partial charge in [0.2, 0.25) is 0 Å². The Balaban J connectivity index is 1.41. The number of ether oxygens (including phenoxy) is 1. The van der Waals surface area contributed by atoms with E-state index in [1.165, 1.54) is 11.6 Å². The number of nitrogens with two attached hydrogens (primary N) is 1. The highest BCUT2D eigenvalue weighted by Crippen LogP contribution is 2.36. The van der Waals surface area contributed by atoms with E-state index in [0.717, 1.165) is 29.6 Å². The Bertz CT molecular complexity index is 1470. The smallest absolute Gasteiger partial charge is 0.339 e.